The van der Waals surface area contributed by atoms with Gasteiger partial charge in [0.25, 0.3) is 5.95 Å². The summed E-state index contributed by atoms with van der Waals surface area (Å²) in [6.07, 6.45) is 1.56. The number of guanidine groups is 1. The van der Waals surface area contributed by atoms with Crippen molar-refractivity contribution in [3.05, 3.63) is 41.8 Å². The summed E-state index contributed by atoms with van der Waals surface area (Å²) in [5.41, 5.74) is 12.1. The number of carbonyl (C=O) groups is 2. The first kappa shape index (κ1) is 16.4. The van der Waals surface area contributed by atoms with Crippen LogP contribution in [0, 0.1) is 0 Å². The van der Waals surface area contributed by atoms with E-state index in [9.17, 15) is 9.59 Å². The van der Waals surface area contributed by atoms with Crippen molar-refractivity contribution in [3.8, 4) is 0 Å². The molecule has 1 heterocycles. The van der Waals surface area contributed by atoms with Crippen LogP contribution in [0.1, 0.15) is 24.1 Å². The van der Waals surface area contributed by atoms with Gasteiger partial charge in [0.15, 0.2) is 5.96 Å². The van der Waals surface area contributed by atoms with Crippen LogP contribution in [0.2, 0.25) is 0 Å². The van der Waals surface area contributed by atoms with Gasteiger partial charge in [-0.15, -0.1) is 0 Å². The van der Waals surface area contributed by atoms with Crippen molar-refractivity contribution in [1.29, 1.82) is 0 Å². The normalized spacial score (nSPS) is 21.2. The maximum Gasteiger partial charge on any atom is 0.316 e. The van der Waals surface area contributed by atoms with Crippen LogP contribution in [-0.4, -0.2) is 33.5 Å². The van der Waals surface area contributed by atoms with Crippen LogP contribution in [0.3, 0.4) is 0 Å². The largest absolute Gasteiger partial charge is 0.370 e. The van der Waals surface area contributed by atoms with Gasteiger partial charge in [-0.3, -0.25) is 14.9 Å². The first-order chi connectivity index (χ1) is 11.9. The van der Waals surface area contributed by atoms with Crippen molar-refractivity contribution in [2.45, 2.75) is 24.9 Å². The third kappa shape index (κ3) is 3.27. The maximum atomic E-state index is 12.3. The van der Waals surface area contributed by atoms with Crippen molar-refractivity contribution in [2.75, 3.05) is 5.32 Å². The summed E-state index contributed by atoms with van der Waals surface area (Å²) in [6.45, 7) is 1.81. The van der Waals surface area contributed by atoms with Gasteiger partial charge >= 0.3 is 11.8 Å². The number of hydrogen-bond donors (Lipinski definition) is 4. The zero-order chi connectivity index (χ0) is 18.0. The molecule has 25 heavy (non-hydrogen) atoms. The molecule has 0 saturated carbocycles. The van der Waals surface area contributed by atoms with Crippen molar-refractivity contribution in [3.63, 3.8) is 0 Å². The van der Waals surface area contributed by atoms with Crippen LogP contribution in [-0.2, 0) is 16.0 Å². The molecule has 0 fully saturated rings. The van der Waals surface area contributed by atoms with Gasteiger partial charge in [0, 0.05) is 6.42 Å². The number of nitrogens with two attached hydrogens (primary N) is 2. The topological polar surface area (TPSA) is 162 Å². The Morgan fingerprint density at radius 2 is 2.08 bits per heavy atom. The smallest absolute Gasteiger partial charge is 0.316 e. The second kappa shape index (κ2) is 6.23. The monoisotopic (exact) mass is 343 g/mol. The lowest BCUT2D eigenvalue weighted by molar-refractivity contribution is -0.136. The van der Waals surface area contributed by atoms with Crippen LogP contribution in [0.15, 0.2) is 40.2 Å². The zero-order valence-electron chi connectivity index (χ0n) is 13.4. The predicted octanol–water partition coefficient (Wildman–Crippen LogP) is -0.546. The fourth-order valence-electron chi connectivity index (χ4n) is 3.01. The molecule has 6 N–H and O–H groups in total. The van der Waals surface area contributed by atoms with E-state index in [0.717, 1.165) is 17.5 Å². The number of rotatable bonds is 3. The molecular formula is C15H17N7O3. The Hall–Kier alpha value is -3.43. The minimum Gasteiger partial charge on any atom is -0.370 e. The first-order valence-electron chi connectivity index (χ1n) is 7.46. The van der Waals surface area contributed by atoms with Crippen LogP contribution < -0.4 is 22.1 Å². The molecule has 0 aliphatic heterocycles. The number of benzene rings is 1. The van der Waals surface area contributed by atoms with Gasteiger partial charge in [-0.1, -0.05) is 24.3 Å². The summed E-state index contributed by atoms with van der Waals surface area (Å²) in [5, 5.41) is 8.34. The summed E-state index contributed by atoms with van der Waals surface area (Å²) in [7, 11) is 0. The summed E-state index contributed by atoms with van der Waals surface area (Å²) in [6, 6.07) is 6.97. The molecule has 2 atom stereocenters. The minimum absolute atomic E-state index is 0.0918. The van der Waals surface area contributed by atoms with E-state index in [4.69, 9.17) is 11.5 Å². The molecule has 130 valence electrons. The fraction of sp³-hybridized carbons (Fsp3) is 0.267. The van der Waals surface area contributed by atoms with Gasteiger partial charge in [-0.2, -0.15) is 4.98 Å². The highest BCUT2D eigenvalue weighted by Crippen LogP contribution is 2.41. The van der Waals surface area contributed by atoms with Gasteiger partial charge in [0.2, 0.25) is 6.39 Å². The van der Waals surface area contributed by atoms with Crippen LogP contribution in [0.25, 0.3) is 0 Å². The second-order valence-electron chi connectivity index (χ2n) is 5.88. The third-order valence-corrected chi connectivity index (χ3v) is 3.99. The van der Waals surface area contributed by atoms with E-state index in [1.54, 1.807) is 0 Å². The Bertz CT molecular complexity index is 829. The second-order valence-corrected chi connectivity index (χ2v) is 5.88. The SMILES string of the molecule is CC1(N=C(N)N)Cc2ccccc2C1NC(=O)C(=O)Nc1ncon1. The van der Waals surface area contributed by atoms with E-state index < -0.39 is 23.4 Å². The highest BCUT2D eigenvalue weighted by Gasteiger charge is 2.44. The van der Waals surface area contributed by atoms with E-state index in [-0.39, 0.29) is 11.9 Å². The number of nitrogens with zero attached hydrogens (tertiary/aromatic N) is 3. The molecule has 0 bridgehead atoms. The molecule has 3 rings (SSSR count). The average Bonchev–Trinajstić information content (AvgIpc) is 3.13. The van der Waals surface area contributed by atoms with Crippen molar-refractivity contribution in [2.24, 2.45) is 16.5 Å². The molecule has 2 amide bonds. The molecule has 1 aromatic carbocycles. The number of carbonyl (C=O) groups excluding carboxylic acids is 2. The van der Waals surface area contributed by atoms with Crippen molar-refractivity contribution >= 4 is 23.7 Å². The Morgan fingerprint density at radius 3 is 2.76 bits per heavy atom. The van der Waals surface area contributed by atoms with Crippen molar-refractivity contribution < 1.29 is 14.1 Å². The number of aromatic nitrogens is 2. The fourth-order valence-corrected chi connectivity index (χ4v) is 3.01. The maximum absolute atomic E-state index is 12.3. The first-order valence-corrected chi connectivity index (χ1v) is 7.46. The summed E-state index contributed by atoms with van der Waals surface area (Å²) in [5.74, 6) is -1.97. The van der Waals surface area contributed by atoms with E-state index >= 15 is 0 Å². The average molecular weight is 343 g/mol. The van der Waals surface area contributed by atoms with E-state index in [1.807, 2.05) is 31.2 Å². The summed E-state index contributed by atoms with van der Waals surface area (Å²) < 4.78 is 4.50. The number of anilines is 1. The molecular weight excluding hydrogens is 326 g/mol. The predicted molar refractivity (Wildman–Crippen MR) is 88.2 cm³/mol. The van der Waals surface area contributed by atoms with E-state index in [1.165, 1.54) is 0 Å². The van der Waals surface area contributed by atoms with Crippen molar-refractivity contribution in [1.82, 2.24) is 15.5 Å². The standard InChI is InChI=1S/C15H17N7O3/c1-15(21-13(16)17)6-8-4-2-3-5-9(8)10(15)19-11(23)12(24)20-14-18-7-25-22-14/h2-5,7,10H,6H2,1H3,(H,19,23)(H4,16,17,21)(H,20,22,24). The molecule has 10 nitrogen and oxygen atoms in total. The van der Waals surface area contributed by atoms with Gasteiger partial charge in [-0.25, -0.2) is 4.99 Å². The van der Waals surface area contributed by atoms with Crippen LogP contribution >= 0.6 is 0 Å². The van der Waals surface area contributed by atoms with Crippen LogP contribution in [0.5, 0.6) is 0 Å². The number of amides is 2. The zero-order valence-corrected chi connectivity index (χ0v) is 13.4. The molecule has 0 saturated heterocycles. The Labute approximate surface area is 142 Å². The summed E-state index contributed by atoms with van der Waals surface area (Å²) >= 11 is 0. The molecule has 1 aromatic heterocycles. The van der Waals surface area contributed by atoms with E-state index in [0.29, 0.717) is 6.42 Å². The molecule has 2 unspecified atom stereocenters. The number of hydrogen-bond acceptors (Lipinski definition) is 6. The minimum atomic E-state index is -0.919. The highest BCUT2D eigenvalue weighted by molar-refractivity contribution is 6.39. The molecule has 10 heteroatoms. The Morgan fingerprint density at radius 1 is 1.32 bits per heavy atom. The lowest BCUT2D eigenvalue weighted by atomic mass is 9.93. The quantitative estimate of drug-likeness (QED) is 0.330. The molecule has 1 aliphatic carbocycles. The van der Waals surface area contributed by atoms with Gasteiger partial charge in [-0.05, 0) is 23.2 Å². The van der Waals surface area contributed by atoms with Gasteiger partial charge < -0.3 is 21.3 Å². The Balaban J connectivity index is 1.83. The van der Waals surface area contributed by atoms with Gasteiger partial charge in [0.05, 0.1) is 11.6 Å². The van der Waals surface area contributed by atoms with E-state index in [2.05, 4.69) is 30.3 Å². The third-order valence-electron chi connectivity index (χ3n) is 3.99. The molecule has 0 radical (unpaired) electrons. The molecule has 1 aliphatic rings. The number of fused-ring (bicyclic) bond motifs is 1. The molecule has 2 aromatic rings. The van der Waals surface area contributed by atoms with Crippen LogP contribution in [0.4, 0.5) is 5.95 Å². The lowest BCUT2D eigenvalue weighted by Crippen LogP contribution is -2.46. The number of nitrogens with one attached hydrogen (secondary N) is 2. The summed E-state index contributed by atoms with van der Waals surface area (Å²) in [4.78, 5) is 32.2. The van der Waals surface area contributed by atoms with Gasteiger partial charge in [0.1, 0.15) is 0 Å². The lowest BCUT2D eigenvalue weighted by Gasteiger charge is -2.28. The Kier molecular flexibility index (Phi) is 4.09. The molecule has 0 spiro atoms. The highest BCUT2D eigenvalue weighted by atomic mass is 16.5. The number of aliphatic imine (C=N–C) groups is 1.